The molecular weight excluding hydrogens is 1470 g/mol. The first-order valence-corrected chi connectivity index (χ1v) is 23.2. The molecule has 0 fully saturated rings. The quantitative estimate of drug-likeness (QED) is 0.0725. The van der Waals surface area contributed by atoms with Crippen LogP contribution in [-0.4, -0.2) is 116 Å². The second-order valence-electron chi connectivity index (χ2n) is 11.6. The number of amides is 4. The molecule has 324 valence electrons. The number of carbonyl (C=O) groups is 8. The fraction of sp³-hybridized carbons (Fsp3) is 0.412. The summed E-state index contributed by atoms with van der Waals surface area (Å²) < 4.78 is 23.1. The van der Waals surface area contributed by atoms with Crippen molar-refractivity contribution in [1.29, 1.82) is 0 Å². The van der Waals surface area contributed by atoms with Gasteiger partial charge in [-0.25, -0.2) is 0 Å². The van der Waals surface area contributed by atoms with Crippen molar-refractivity contribution in [2.75, 3.05) is 73.2 Å². The van der Waals surface area contributed by atoms with E-state index < -0.39 is 80.5 Å². The number of hydrogen-bond acceptors (Lipinski definition) is 15. The predicted octanol–water partition coefficient (Wildman–Crippen LogP) is 3.20. The summed E-state index contributed by atoms with van der Waals surface area (Å²) in [4.78, 5) is 102. The standard InChI is InChI=1S/C34H36I6N4O15/c1-15(48)56-9-7-44(23(54)14-58-17(3)50)33-27(37)18(25(35)31(29(33)39)42-21(52)13-57-16(2)49)4-5-24(55)59-12-19-26(36)32(41-20(51)10-46)30(40)34(28(19)38)43(6-8-45)22(53)11-47/h45-47H,4-14H2,1-3H3,(H,41,51)(H,42,52). The number of ether oxygens (including phenoxy) is 4. The van der Waals surface area contributed by atoms with Gasteiger partial charge >= 0.3 is 23.9 Å². The lowest BCUT2D eigenvalue weighted by atomic mass is 10.1. The molecule has 0 radical (unpaired) electrons. The van der Waals surface area contributed by atoms with Crippen LogP contribution in [0.3, 0.4) is 0 Å². The summed E-state index contributed by atoms with van der Waals surface area (Å²) in [6.07, 6.45) is -0.263. The maximum atomic E-state index is 13.6. The van der Waals surface area contributed by atoms with Crippen molar-refractivity contribution in [3.63, 3.8) is 0 Å². The Morgan fingerprint density at radius 1 is 0.559 bits per heavy atom. The summed E-state index contributed by atoms with van der Waals surface area (Å²) >= 11 is 11.6. The fourth-order valence-electron chi connectivity index (χ4n) is 4.85. The Bertz CT molecular complexity index is 1980. The van der Waals surface area contributed by atoms with E-state index in [1.54, 1.807) is 0 Å². The van der Waals surface area contributed by atoms with Crippen LogP contribution in [0.1, 0.15) is 38.3 Å². The van der Waals surface area contributed by atoms with E-state index >= 15 is 0 Å². The van der Waals surface area contributed by atoms with E-state index in [0.717, 1.165) is 18.7 Å². The number of nitrogens with zero attached hydrogens (tertiary/aromatic N) is 2. The van der Waals surface area contributed by atoms with Crippen molar-refractivity contribution in [3.8, 4) is 0 Å². The first kappa shape index (κ1) is 53.6. The van der Waals surface area contributed by atoms with Crippen LogP contribution in [0.4, 0.5) is 22.7 Å². The molecule has 0 spiro atoms. The lowest BCUT2D eigenvalue weighted by Crippen LogP contribution is -2.39. The number of halogens is 6. The molecule has 0 aliphatic rings. The third-order valence-corrected chi connectivity index (χ3v) is 14.2. The molecule has 0 aliphatic carbocycles. The Hall–Kier alpha value is -1.54. The average Bonchev–Trinajstić information content (AvgIpc) is 3.17. The SMILES string of the molecule is CC(=O)OCCN(C(=O)COC(C)=O)c1c(I)c(CCC(=O)OCc2c(I)c(NC(=O)CO)c(I)c(N(CCO)C(=O)CO)c2I)c(I)c(NC(=O)COC(C)=O)c1I. The lowest BCUT2D eigenvalue weighted by molar-refractivity contribution is -0.146. The number of benzene rings is 2. The zero-order valence-electron chi connectivity index (χ0n) is 31.2. The van der Waals surface area contributed by atoms with Crippen LogP contribution < -0.4 is 20.4 Å². The first-order chi connectivity index (χ1) is 27.7. The van der Waals surface area contributed by atoms with Crippen molar-refractivity contribution < 1.29 is 72.6 Å². The minimum Gasteiger partial charge on any atom is -0.464 e. The molecule has 0 aliphatic heterocycles. The minimum absolute atomic E-state index is 0.0127. The number of rotatable bonds is 20. The number of hydrogen-bond donors (Lipinski definition) is 5. The van der Waals surface area contributed by atoms with Crippen molar-refractivity contribution in [3.05, 3.63) is 32.5 Å². The van der Waals surface area contributed by atoms with Gasteiger partial charge in [0.15, 0.2) is 13.2 Å². The van der Waals surface area contributed by atoms with Gasteiger partial charge in [-0.15, -0.1) is 0 Å². The van der Waals surface area contributed by atoms with Gasteiger partial charge in [0.05, 0.1) is 43.0 Å². The number of anilines is 4. The summed E-state index contributed by atoms with van der Waals surface area (Å²) in [5.74, 6) is -5.65. The molecule has 0 bridgehead atoms. The second kappa shape index (κ2) is 26.2. The molecule has 0 aromatic heterocycles. The van der Waals surface area contributed by atoms with E-state index in [1.165, 1.54) is 11.8 Å². The molecule has 4 amide bonds. The molecular formula is C34H36I6N4O15. The summed E-state index contributed by atoms with van der Waals surface area (Å²) in [7, 11) is 0. The van der Waals surface area contributed by atoms with E-state index in [9.17, 15) is 53.7 Å². The van der Waals surface area contributed by atoms with Gasteiger partial charge in [-0.1, -0.05) is 0 Å². The van der Waals surface area contributed by atoms with E-state index in [2.05, 4.69) is 10.6 Å². The van der Waals surface area contributed by atoms with Crippen LogP contribution in [0.5, 0.6) is 0 Å². The minimum atomic E-state index is -0.888. The molecule has 0 atom stereocenters. The number of esters is 4. The Balaban J connectivity index is 2.66. The van der Waals surface area contributed by atoms with Crippen molar-refractivity contribution in [1.82, 2.24) is 0 Å². The highest BCUT2D eigenvalue weighted by Crippen LogP contribution is 2.43. The van der Waals surface area contributed by atoms with Gasteiger partial charge in [0.1, 0.15) is 26.4 Å². The first-order valence-electron chi connectivity index (χ1n) is 16.7. The molecule has 5 N–H and O–H groups in total. The molecule has 2 rings (SSSR count). The highest BCUT2D eigenvalue weighted by Gasteiger charge is 2.31. The third-order valence-electron chi connectivity index (χ3n) is 7.42. The largest absolute Gasteiger partial charge is 0.464 e. The maximum absolute atomic E-state index is 13.6. The van der Waals surface area contributed by atoms with Gasteiger partial charge in [0.25, 0.3) is 17.7 Å². The van der Waals surface area contributed by atoms with E-state index in [4.69, 9.17) is 18.9 Å². The van der Waals surface area contributed by atoms with E-state index in [-0.39, 0.29) is 61.9 Å². The zero-order valence-corrected chi connectivity index (χ0v) is 44.1. The number of aliphatic hydroxyl groups excluding tert-OH is 3. The summed E-state index contributed by atoms with van der Waals surface area (Å²) in [6, 6.07) is 0. The summed E-state index contributed by atoms with van der Waals surface area (Å²) in [5.41, 5.74) is 1.71. The van der Waals surface area contributed by atoms with Crippen LogP contribution in [-0.2, 0) is 70.3 Å². The van der Waals surface area contributed by atoms with Crippen LogP contribution >= 0.6 is 136 Å². The fourth-order valence-corrected chi connectivity index (χ4v) is 13.7. The van der Waals surface area contributed by atoms with Crippen molar-refractivity contribution >= 4 is 206 Å². The van der Waals surface area contributed by atoms with Crippen LogP contribution in [0, 0.1) is 21.4 Å². The van der Waals surface area contributed by atoms with E-state index in [0.29, 0.717) is 32.5 Å². The summed E-state index contributed by atoms with van der Waals surface area (Å²) in [6.45, 7) is -1.06. The predicted molar refractivity (Wildman–Crippen MR) is 260 cm³/mol. The highest BCUT2D eigenvalue weighted by molar-refractivity contribution is 14.1. The van der Waals surface area contributed by atoms with E-state index in [1.807, 2.05) is 136 Å². The second-order valence-corrected chi connectivity index (χ2v) is 18.0. The van der Waals surface area contributed by atoms with Crippen LogP contribution in [0.15, 0.2) is 0 Å². The van der Waals surface area contributed by atoms with Crippen LogP contribution in [0.2, 0.25) is 0 Å². The Kier molecular flexibility index (Phi) is 23.8. The zero-order chi connectivity index (χ0) is 44.7. The topological polar surface area (TPSA) is 265 Å². The number of aliphatic hydroxyl groups is 3. The van der Waals surface area contributed by atoms with Gasteiger partial charge in [0.2, 0.25) is 5.91 Å². The van der Waals surface area contributed by atoms with Crippen molar-refractivity contribution in [2.45, 2.75) is 40.2 Å². The molecule has 2 aromatic carbocycles. The van der Waals surface area contributed by atoms with Crippen LogP contribution in [0.25, 0.3) is 0 Å². The molecule has 0 saturated heterocycles. The third kappa shape index (κ3) is 15.6. The molecule has 19 nitrogen and oxygen atoms in total. The highest BCUT2D eigenvalue weighted by atomic mass is 127. The number of nitrogens with one attached hydrogen (secondary N) is 2. The Morgan fingerprint density at radius 2 is 1.05 bits per heavy atom. The smallest absolute Gasteiger partial charge is 0.306 e. The molecule has 25 heteroatoms. The maximum Gasteiger partial charge on any atom is 0.306 e. The Labute approximate surface area is 419 Å². The van der Waals surface area contributed by atoms with Gasteiger partial charge in [-0.3, -0.25) is 38.4 Å². The van der Waals surface area contributed by atoms with Gasteiger partial charge in [0, 0.05) is 53.6 Å². The van der Waals surface area contributed by atoms with Gasteiger partial charge < -0.3 is 54.7 Å². The summed E-state index contributed by atoms with van der Waals surface area (Å²) in [5, 5.41) is 34.1. The molecule has 0 unspecified atom stereocenters. The number of carbonyl (C=O) groups excluding carboxylic acids is 8. The monoisotopic (exact) mass is 1500 g/mol. The lowest BCUT2D eigenvalue weighted by Gasteiger charge is -2.28. The molecule has 0 saturated carbocycles. The molecule has 2 aromatic rings. The van der Waals surface area contributed by atoms with Gasteiger partial charge in [-0.2, -0.15) is 0 Å². The Morgan fingerprint density at radius 3 is 1.56 bits per heavy atom. The van der Waals surface area contributed by atoms with Gasteiger partial charge in [-0.05, 0) is 148 Å². The normalized spacial score (nSPS) is 10.6. The molecule has 0 heterocycles. The molecule has 59 heavy (non-hydrogen) atoms. The van der Waals surface area contributed by atoms with Crippen molar-refractivity contribution in [2.24, 2.45) is 0 Å². The average molecular weight is 1500 g/mol.